The van der Waals surface area contributed by atoms with E-state index in [-0.39, 0.29) is 34.9 Å². The average molecular weight is 439 g/mol. The van der Waals surface area contributed by atoms with Crippen molar-refractivity contribution in [3.8, 4) is 0 Å². The summed E-state index contributed by atoms with van der Waals surface area (Å²) in [5, 5.41) is 0.0247. The minimum Gasteiger partial charge on any atom is -0.338 e. The summed E-state index contributed by atoms with van der Waals surface area (Å²) in [5.41, 5.74) is -0.0809. The van der Waals surface area contributed by atoms with E-state index in [1.807, 2.05) is 0 Å². The summed E-state index contributed by atoms with van der Waals surface area (Å²) in [7, 11) is -3.78. The van der Waals surface area contributed by atoms with Gasteiger partial charge in [-0.2, -0.15) is 17.5 Å². The number of carbonyl (C=O) groups is 1. The van der Waals surface area contributed by atoms with Crippen molar-refractivity contribution in [2.45, 2.75) is 43.2 Å². The Morgan fingerprint density at radius 3 is 2.39 bits per heavy atom. The third-order valence-electron chi connectivity index (χ3n) is 5.29. The Balaban J connectivity index is 1.86. The summed E-state index contributed by atoms with van der Waals surface area (Å²) >= 11 is 6.09. The van der Waals surface area contributed by atoms with Gasteiger partial charge in [0.15, 0.2) is 0 Å². The molecule has 1 aromatic rings. The highest BCUT2D eigenvalue weighted by molar-refractivity contribution is 7.89. The third kappa shape index (κ3) is 4.46. The van der Waals surface area contributed by atoms with Gasteiger partial charge in [-0.15, -0.1) is 0 Å². The quantitative estimate of drug-likeness (QED) is 0.718. The summed E-state index contributed by atoms with van der Waals surface area (Å²) in [6, 6.07) is 3.83. The lowest BCUT2D eigenvalue weighted by molar-refractivity contribution is -0.184. The van der Waals surface area contributed by atoms with Crippen LogP contribution < -0.4 is 0 Å². The first kappa shape index (κ1) is 21.4. The van der Waals surface area contributed by atoms with Crippen LogP contribution in [-0.2, 0) is 10.0 Å². The number of piperidine rings is 2. The number of hydrogen-bond donors (Lipinski definition) is 0. The van der Waals surface area contributed by atoms with E-state index in [1.54, 1.807) is 0 Å². The van der Waals surface area contributed by atoms with Crippen LogP contribution in [-0.4, -0.2) is 55.9 Å². The van der Waals surface area contributed by atoms with Crippen LogP contribution in [0.15, 0.2) is 23.1 Å². The van der Waals surface area contributed by atoms with Crippen LogP contribution in [0.2, 0.25) is 5.02 Å². The maximum absolute atomic E-state index is 13.0. The van der Waals surface area contributed by atoms with Gasteiger partial charge < -0.3 is 4.90 Å². The molecule has 0 N–H and O–H groups in total. The molecule has 2 aliphatic rings. The minimum atomic E-state index is -4.37. The fourth-order valence-corrected chi connectivity index (χ4v) is 5.42. The molecule has 1 atom stereocenters. The predicted molar refractivity (Wildman–Crippen MR) is 98.7 cm³/mol. The minimum absolute atomic E-state index is 0.0234. The second kappa shape index (κ2) is 8.20. The van der Waals surface area contributed by atoms with Gasteiger partial charge in [-0.3, -0.25) is 4.79 Å². The van der Waals surface area contributed by atoms with E-state index < -0.39 is 34.6 Å². The molecule has 1 aromatic carbocycles. The molecule has 5 nitrogen and oxygen atoms in total. The van der Waals surface area contributed by atoms with Crippen molar-refractivity contribution in [1.82, 2.24) is 9.21 Å². The Kier molecular flexibility index (Phi) is 6.26. The van der Waals surface area contributed by atoms with Gasteiger partial charge in [0.1, 0.15) is 0 Å². The second-order valence-corrected chi connectivity index (χ2v) is 9.58. The van der Waals surface area contributed by atoms with E-state index in [2.05, 4.69) is 0 Å². The van der Waals surface area contributed by atoms with Gasteiger partial charge in [0, 0.05) is 26.2 Å². The van der Waals surface area contributed by atoms with E-state index in [4.69, 9.17) is 11.6 Å². The number of nitrogens with zero attached hydrogens (tertiary/aromatic N) is 2. The van der Waals surface area contributed by atoms with E-state index in [9.17, 15) is 26.4 Å². The second-order valence-electron chi connectivity index (χ2n) is 7.24. The summed E-state index contributed by atoms with van der Waals surface area (Å²) in [5.74, 6) is -2.25. The largest absolute Gasteiger partial charge is 0.393 e. The normalized spacial score (nSPS) is 22.3. The lowest BCUT2D eigenvalue weighted by Crippen LogP contribution is -2.44. The molecule has 2 aliphatic heterocycles. The van der Waals surface area contributed by atoms with Gasteiger partial charge in [-0.05, 0) is 43.9 Å². The average Bonchev–Trinajstić information content (AvgIpc) is 2.68. The zero-order valence-corrected chi connectivity index (χ0v) is 16.8. The van der Waals surface area contributed by atoms with Crippen molar-refractivity contribution in [3.63, 3.8) is 0 Å². The highest BCUT2D eigenvalue weighted by atomic mass is 35.5. The standard InChI is InChI=1S/C18H22ClF3N2O3S/c19-16-7-6-14(28(26,27)24-9-2-1-3-10-24)11-15(16)17(25)23-8-4-5-13(12-23)18(20,21)22/h6-7,11,13H,1-5,8-10,12H2. The maximum atomic E-state index is 13.0. The number of sulfonamides is 1. The maximum Gasteiger partial charge on any atom is 0.393 e. The molecular formula is C18H22ClF3N2O3S. The Morgan fingerprint density at radius 1 is 1.07 bits per heavy atom. The molecule has 2 fully saturated rings. The first-order valence-electron chi connectivity index (χ1n) is 9.26. The number of halogens is 4. The monoisotopic (exact) mass is 438 g/mol. The highest BCUT2D eigenvalue weighted by Gasteiger charge is 2.43. The fraction of sp³-hybridized carbons (Fsp3) is 0.611. The van der Waals surface area contributed by atoms with Crippen LogP contribution in [0.3, 0.4) is 0 Å². The number of amides is 1. The Hall–Kier alpha value is -1.32. The summed E-state index contributed by atoms with van der Waals surface area (Å²) < 4.78 is 66.2. The van der Waals surface area contributed by atoms with Gasteiger partial charge in [-0.25, -0.2) is 8.42 Å². The lowest BCUT2D eigenvalue weighted by atomic mass is 9.97. The van der Waals surface area contributed by atoms with E-state index >= 15 is 0 Å². The third-order valence-corrected chi connectivity index (χ3v) is 7.52. The van der Waals surface area contributed by atoms with Crippen molar-refractivity contribution < 1.29 is 26.4 Å². The van der Waals surface area contributed by atoms with Crippen LogP contribution in [0.25, 0.3) is 0 Å². The van der Waals surface area contributed by atoms with Crippen LogP contribution in [0.4, 0.5) is 13.2 Å². The number of hydrogen-bond acceptors (Lipinski definition) is 3. The smallest absolute Gasteiger partial charge is 0.338 e. The molecule has 3 rings (SSSR count). The van der Waals surface area contributed by atoms with Crippen molar-refractivity contribution in [2.24, 2.45) is 5.92 Å². The topological polar surface area (TPSA) is 57.7 Å². The van der Waals surface area contributed by atoms with Crippen molar-refractivity contribution in [2.75, 3.05) is 26.2 Å². The van der Waals surface area contributed by atoms with Crippen molar-refractivity contribution in [3.05, 3.63) is 28.8 Å². The van der Waals surface area contributed by atoms with Crippen molar-refractivity contribution >= 4 is 27.5 Å². The van der Waals surface area contributed by atoms with Gasteiger partial charge in [0.05, 0.1) is 21.4 Å². The molecule has 0 aliphatic carbocycles. The fourth-order valence-electron chi connectivity index (χ4n) is 3.68. The number of alkyl halides is 3. The molecule has 0 bridgehead atoms. The van der Waals surface area contributed by atoms with Crippen LogP contribution in [0, 0.1) is 5.92 Å². The number of likely N-dealkylation sites (tertiary alicyclic amines) is 1. The molecule has 1 amide bonds. The predicted octanol–water partition coefficient (Wildman–Crippen LogP) is 3.93. The van der Waals surface area contributed by atoms with E-state index in [0.29, 0.717) is 13.1 Å². The van der Waals surface area contributed by atoms with Gasteiger partial charge in [0.2, 0.25) is 10.0 Å². The molecule has 1 unspecified atom stereocenters. The molecule has 0 spiro atoms. The lowest BCUT2D eigenvalue weighted by Gasteiger charge is -2.34. The highest BCUT2D eigenvalue weighted by Crippen LogP contribution is 2.34. The molecule has 0 saturated carbocycles. The first-order valence-corrected chi connectivity index (χ1v) is 11.1. The van der Waals surface area contributed by atoms with Gasteiger partial charge in [0.25, 0.3) is 5.91 Å². The Bertz CT molecular complexity index is 839. The van der Waals surface area contributed by atoms with E-state index in [0.717, 1.165) is 24.2 Å². The SMILES string of the molecule is O=C(c1cc(S(=O)(=O)N2CCCCC2)ccc1Cl)N1CCCC(C(F)(F)F)C1. The molecule has 2 heterocycles. The molecular weight excluding hydrogens is 417 g/mol. The van der Waals surface area contributed by atoms with E-state index in [1.165, 1.54) is 22.5 Å². The summed E-state index contributed by atoms with van der Waals surface area (Å²) in [6.07, 6.45) is -1.66. The van der Waals surface area contributed by atoms with Crippen LogP contribution in [0.5, 0.6) is 0 Å². The zero-order valence-electron chi connectivity index (χ0n) is 15.2. The first-order chi connectivity index (χ1) is 13.1. The summed E-state index contributed by atoms with van der Waals surface area (Å²) in [4.78, 5) is 13.9. The summed E-state index contributed by atoms with van der Waals surface area (Å²) in [6.45, 7) is 0.563. The molecule has 0 radical (unpaired) electrons. The molecule has 0 aromatic heterocycles. The van der Waals surface area contributed by atoms with Crippen molar-refractivity contribution in [1.29, 1.82) is 0 Å². The number of rotatable bonds is 3. The molecule has 10 heteroatoms. The van der Waals surface area contributed by atoms with Crippen LogP contribution in [0.1, 0.15) is 42.5 Å². The molecule has 2 saturated heterocycles. The number of benzene rings is 1. The van der Waals surface area contributed by atoms with Gasteiger partial charge in [-0.1, -0.05) is 18.0 Å². The zero-order chi connectivity index (χ0) is 20.5. The number of carbonyl (C=O) groups excluding carboxylic acids is 1. The molecule has 28 heavy (non-hydrogen) atoms. The Morgan fingerprint density at radius 2 is 1.75 bits per heavy atom. The van der Waals surface area contributed by atoms with Crippen LogP contribution >= 0.6 is 11.6 Å². The van der Waals surface area contributed by atoms with Gasteiger partial charge >= 0.3 is 6.18 Å². The molecule has 156 valence electrons. The Labute approximate surface area is 167 Å².